The number of hydrogen-bond donors (Lipinski definition) is 0. The van der Waals surface area contributed by atoms with Gasteiger partial charge in [0.1, 0.15) is 5.75 Å². The molecule has 0 N–H and O–H groups in total. The smallest absolute Gasteiger partial charge is 0.171 e. The van der Waals surface area contributed by atoms with Crippen molar-refractivity contribution in [3.63, 3.8) is 0 Å². The quantitative estimate of drug-likeness (QED) is 0.0855. The van der Waals surface area contributed by atoms with Crippen molar-refractivity contribution in [3.05, 3.63) is 41.5 Å². The first kappa shape index (κ1) is 35.3. The van der Waals surface area contributed by atoms with Crippen molar-refractivity contribution < 1.29 is 28.5 Å². The minimum Gasteiger partial charge on any atom is -0.493 e. The molecule has 0 fully saturated rings. The maximum atomic E-state index is 13.7. The van der Waals surface area contributed by atoms with Crippen LogP contribution in [0.15, 0.2) is 30.3 Å². The Hall–Kier alpha value is -2.89. The maximum Gasteiger partial charge on any atom is 0.171 e. The van der Waals surface area contributed by atoms with E-state index >= 15 is 0 Å². The van der Waals surface area contributed by atoms with Gasteiger partial charge in [0, 0.05) is 18.1 Å². The van der Waals surface area contributed by atoms with Crippen molar-refractivity contribution in [2.45, 2.75) is 118 Å². The third-order valence-electron chi connectivity index (χ3n) is 7.24. The molecule has 0 spiro atoms. The SMILES string of the molecule is CCCCCOc1cc(CCC(=O)c2cccc(OCCCCC)c2OCCCCC)c(OCCCCC)c(OC)c1. The van der Waals surface area contributed by atoms with Crippen LogP contribution in [0.4, 0.5) is 0 Å². The molecule has 0 unspecified atom stereocenters. The zero-order chi connectivity index (χ0) is 30.4. The van der Waals surface area contributed by atoms with Crippen LogP contribution in [-0.2, 0) is 6.42 Å². The summed E-state index contributed by atoms with van der Waals surface area (Å²) in [6, 6.07) is 9.55. The van der Waals surface area contributed by atoms with Crippen molar-refractivity contribution in [1.82, 2.24) is 0 Å². The normalized spacial score (nSPS) is 10.9. The van der Waals surface area contributed by atoms with Gasteiger partial charge in [0.25, 0.3) is 0 Å². The fraction of sp³-hybridized carbons (Fsp3) is 0.639. The molecular weight excluding hydrogens is 528 g/mol. The molecule has 0 radical (unpaired) electrons. The van der Waals surface area contributed by atoms with E-state index in [-0.39, 0.29) is 5.78 Å². The fourth-order valence-corrected chi connectivity index (χ4v) is 4.73. The molecule has 0 saturated carbocycles. The highest BCUT2D eigenvalue weighted by atomic mass is 16.5. The lowest BCUT2D eigenvalue weighted by atomic mass is 10.0. The number of para-hydroxylation sites is 1. The molecule has 42 heavy (non-hydrogen) atoms. The molecule has 0 aliphatic heterocycles. The van der Waals surface area contributed by atoms with Crippen molar-refractivity contribution in [3.8, 4) is 28.7 Å². The number of carbonyl (C=O) groups is 1. The van der Waals surface area contributed by atoms with Gasteiger partial charge in [0.15, 0.2) is 28.8 Å². The van der Waals surface area contributed by atoms with E-state index in [1.807, 2.05) is 30.3 Å². The van der Waals surface area contributed by atoms with E-state index in [9.17, 15) is 4.79 Å². The molecule has 6 heteroatoms. The number of hydrogen-bond acceptors (Lipinski definition) is 6. The Balaban J connectivity index is 2.28. The first-order valence-electron chi connectivity index (χ1n) is 16.5. The van der Waals surface area contributed by atoms with Crippen LogP contribution in [0.3, 0.4) is 0 Å². The van der Waals surface area contributed by atoms with Gasteiger partial charge in [0.05, 0.1) is 39.1 Å². The average Bonchev–Trinajstić information content (AvgIpc) is 3.01. The number of carbonyl (C=O) groups excluding carboxylic acids is 1. The molecule has 0 heterocycles. The van der Waals surface area contributed by atoms with Gasteiger partial charge >= 0.3 is 0 Å². The molecule has 0 saturated heterocycles. The second kappa shape index (κ2) is 21.8. The highest BCUT2D eigenvalue weighted by Gasteiger charge is 2.20. The van der Waals surface area contributed by atoms with Crippen molar-refractivity contribution in [2.75, 3.05) is 33.5 Å². The Morgan fingerprint density at radius 1 is 0.619 bits per heavy atom. The molecule has 0 aliphatic carbocycles. The predicted molar refractivity (Wildman–Crippen MR) is 172 cm³/mol. The lowest BCUT2D eigenvalue weighted by Crippen LogP contribution is -2.10. The van der Waals surface area contributed by atoms with Gasteiger partial charge in [-0.05, 0) is 50.3 Å². The van der Waals surface area contributed by atoms with Crippen LogP contribution in [0.5, 0.6) is 28.7 Å². The lowest BCUT2D eigenvalue weighted by Gasteiger charge is -2.18. The zero-order valence-electron chi connectivity index (χ0n) is 27.1. The summed E-state index contributed by atoms with van der Waals surface area (Å²) in [5, 5.41) is 0. The summed E-state index contributed by atoms with van der Waals surface area (Å²) in [7, 11) is 1.65. The summed E-state index contributed by atoms with van der Waals surface area (Å²) in [6.07, 6.45) is 13.6. The van der Waals surface area contributed by atoms with Gasteiger partial charge in [-0.15, -0.1) is 0 Å². The van der Waals surface area contributed by atoms with Gasteiger partial charge < -0.3 is 23.7 Å². The first-order chi connectivity index (χ1) is 20.6. The number of ether oxygens (including phenoxy) is 5. The van der Waals surface area contributed by atoms with Crippen LogP contribution in [0, 0.1) is 0 Å². The zero-order valence-corrected chi connectivity index (χ0v) is 27.1. The van der Waals surface area contributed by atoms with Crippen LogP contribution in [-0.4, -0.2) is 39.3 Å². The Kier molecular flexibility index (Phi) is 18.3. The van der Waals surface area contributed by atoms with Crippen LogP contribution in [0.2, 0.25) is 0 Å². The van der Waals surface area contributed by atoms with Crippen LogP contribution >= 0.6 is 0 Å². The van der Waals surface area contributed by atoms with Crippen molar-refractivity contribution >= 4 is 5.78 Å². The van der Waals surface area contributed by atoms with Crippen LogP contribution in [0.25, 0.3) is 0 Å². The number of unbranched alkanes of at least 4 members (excludes halogenated alkanes) is 8. The molecule has 0 atom stereocenters. The monoisotopic (exact) mass is 584 g/mol. The minimum atomic E-state index is 0.0182. The van der Waals surface area contributed by atoms with Crippen LogP contribution < -0.4 is 23.7 Å². The van der Waals surface area contributed by atoms with Crippen molar-refractivity contribution in [2.24, 2.45) is 0 Å². The number of Topliss-reactive ketones (excluding diaryl/α,β-unsaturated/α-hetero) is 1. The van der Waals surface area contributed by atoms with Gasteiger partial charge in [-0.25, -0.2) is 0 Å². The van der Waals surface area contributed by atoms with Gasteiger partial charge in [-0.3, -0.25) is 4.79 Å². The van der Waals surface area contributed by atoms with Gasteiger partial charge in [0.2, 0.25) is 0 Å². The highest BCUT2D eigenvalue weighted by Crippen LogP contribution is 2.38. The Morgan fingerprint density at radius 3 is 1.74 bits per heavy atom. The standard InChI is InChI=1S/C36H56O6/c1-6-10-14-23-39-30-27-29(35(34(28-30)38-5)41-25-16-12-8-3)21-22-32(37)31-19-18-20-33(40-24-15-11-7-2)36(31)42-26-17-13-9-4/h18-20,27-28H,6-17,21-26H2,1-5H3. The Labute approximate surface area is 255 Å². The van der Waals surface area contributed by atoms with E-state index in [1.165, 1.54) is 0 Å². The second-order valence-corrected chi connectivity index (χ2v) is 10.9. The van der Waals surface area contributed by atoms with E-state index < -0.39 is 0 Å². The van der Waals surface area contributed by atoms with E-state index in [0.717, 1.165) is 88.4 Å². The number of benzene rings is 2. The fourth-order valence-electron chi connectivity index (χ4n) is 4.73. The number of ketones is 1. The van der Waals surface area contributed by atoms with E-state index in [0.29, 0.717) is 67.8 Å². The van der Waals surface area contributed by atoms with E-state index in [1.54, 1.807) is 7.11 Å². The van der Waals surface area contributed by atoms with Gasteiger partial charge in [-0.2, -0.15) is 0 Å². The third-order valence-corrected chi connectivity index (χ3v) is 7.24. The summed E-state index contributed by atoms with van der Waals surface area (Å²) in [4.78, 5) is 13.7. The molecule has 2 rings (SSSR count). The Morgan fingerprint density at radius 2 is 1.17 bits per heavy atom. The van der Waals surface area contributed by atoms with Crippen molar-refractivity contribution in [1.29, 1.82) is 0 Å². The topological polar surface area (TPSA) is 63.2 Å². The average molecular weight is 585 g/mol. The molecule has 2 aromatic rings. The predicted octanol–water partition coefficient (Wildman–Crippen LogP) is 9.79. The summed E-state index contributed by atoms with van der Waals surface area (Å²) in [6.45, 7) is 11.1. The number of aryl methyl sites for hydroxylation is 1. The largest absolute Gasteiger partial charge is 0.493 e. The molecular formula is C36H56O6. The minimum absolute atomic E-state index is 0.0182. The van der Waals surface area contributed by atoms with E-state index in [2.05, 4.69) is 27.7 Å². The maximum absolute atomic E-state index is 13.7. The molecule has 6 nitrogen and oxygen atoms in total. The summed E-state index contributed by atoms with van der Waals surface area (Å²) < 4.78 is 30.4. The van der Waals surface area contributed by atoms with Gasteiger partial charge in [-0.1, -0.05) is 85.1 Å². The first-order valence-corrected chi connectivity index (χ1v) is 16.5. The molecule has 2 aromatic carbocycles. The van der Waals surface area contributed by atoms with Crippen LogP contribution in [0.1, 0.15) is 127 Å². The lowest BCUT2D eigenvalue weighted by molar-refractivity contribution is 0.0977. The summed E-state index contributed by atoms with van der Waals surface area (Å²) in [5.74, 6) is 3.32. The summed E-state index contributed by atoms with van der Waals surface area (Å²) >= 11 is 0. The molecule has 0 bridgehead atoms. The molecule has 236 valence electrons. The number of methoxy groups -OCH3 is 1. The van der Waals surface area contributed by atoms with E-state index in [4.69, 9.17) is 23.7 Å². The molecule has 0 amide bonds. The second-order valence-electron chi connectivity index (χ2n) is 10.9. The third kappa shape index (κ3) is 12.5. The Bertz CT molecular complexity index is 1020. The molecule has 0 aliphatic rings. The number of rotatable bonds is 25. The summed E-state index contributed by atoms with van der Waals surface area (Å²) in [5.41, 5.74) is 1.49. The molecule has 0 aromatic heterocycles. The highest BCUT2D eigenvalue weighted by molar-refractivity contribution is 5.99.